The van der Waals surface area contributed by atoms with Gasteiger partial charge in [-0.05, 0) is 24.0 Å². The Hall–Kier alpha value is -2.09. The van der Waals surface area contributed by atoms with Gasteiger partial charge in [-0.15, -0.1) is 0 Å². The molecule has 2 N–H and O–H groups in total. The van der Waals surface area contributed by atoms with Crippen LogP contribution in [0.15, 0.2) is 12.3 Å². The molecule has 0 bridgehead atoms. The van der Waals surface area contributed by atoms with Crippen molar-refractivity contribution in [3.63, 3.8) is 0 Å². The molecule has 5 heteroatoms. The molecule has 0 aliphatic rings. The van der Waals surface area contributed by atoms with Crippen LogP contribution in [0.2, 0.25) is 0 Å². The third kappa shape index (κ3) is 3.95. The van der Waals surface area contributed by atoms with E-state index in [-0.39, 0.29) is 17.9 Å². The normalized spacial score (nSPS) is 12.6. The number of hydrogen-bond donors (Lipinski definition) is 2. The molecule has 0 aromatic carbocycles. The first-order valence-electron chi connectivity index (χ1n) is 6.09. The largest absolute Gasteiger partial charge is 0.481 e. The molecule has 0 fully saturated rings. The minimum absolute atomic E-state index is 0.0238. The average Bonchev–Trinajstić information content (AvgIpc) is 2.26. The summed E-state index contributed by atoms with van der Waals surface area (Å²) < 4.78 is 0. The topological polar surface area (TPSA) is 86.0 Å². The molecule has 1 aromatic rings. The molecule has 0 saturated heterocycles. The summed E-state index contributed by atoms with van der Waals surface area (Å²) in [4.78, 5) is 15.1. The molecule has 0 saturated carbocycles. The summed E-state index contributed by atoms with van der Waals surface area (Å²) in [6.07, 6.45) is 1.59. The minimum Gasteiger partial charge on any atom is -0.481 e. The fraction of sp³-hybridized carbons (Fsp3) is 0.500. The van der Waals surface area contributed by atoms with Crippen molar-refractivity contribution in [1.29, 1.82) is 5.26 Å². The molecule has 5 nitrogen and oxygen atoms in total. The van der Waals surface area contributed by atoms with Gasteiger partial charge in [-0.3, -0.25) is 4.79 Å². The fourth-order valence-electron chi connectivity index (χ4n) is 1.72. The first-order valence-corrected chi connectivity index (χ1v) is 6.09. The van der Waals surface area contributed by atoms with Gasteiger partial charge in [-0.25, -0.2) is 4.98 Å². The molecule has 0 aliphatic heterocycles. The number of aliphatic carboxylic acids is 1. The Morgan fingerprint density at radius 1 is 1.58 bits per heavy atom. The molecule has 19 heavy (non-hydrogen) atoms. The van der Waals surface area contributed by atoms with Gasteiger partial charge in [-0.2, -0.15) is 5.26 Å². The van der Waals surface area contributed by atoms with Gasteiger partial charge in [0.25, 0.3) is 0 Å². The van der Waals surface area contributed by atoms with Crippen molar-refractivity contribution in [2.24, 2.45) is 5.41 Å². The lowest BCUT2D eigenvalue weighted by Crippen LogP contribution is -2.36. The summed E-state index contributed by atoms with van der Waals surface area (Å²) in [5.74, 6) is -0.428. The van der Waals surface area contributed by atoms with Crippen LogP contribution in [0.25, 0.3) is 0 Å². The van der Waals surface area contributed by atoms with E-state index in [0.717, 1.165) is 5.56 Å². The lowest BCUT2D eigenvalue weighted by Gasteiger charge is -2.31. The molecule has 1 heterocycles. The predicted octanol–water partition coefficient (Wildman–Crippen LogP) is 2.56. The number of carbonyl (C=O) groups is 1. The molecule has 1 atom stereocenters. The van der Waals surface area contributed by atoms with Gasteiger partial charge in [-0.1, -0.05) is 20.8 Å². The highest BCUT2D eigenvalue weighted by atomic mass is 16.4. The zero-order chi connectivity index (χ0) is 14.6. The molecule has 0 radical (unpaired) electrons. The van der Waals surface area contributed by atoms with Crippen molar-refractivity contribution < 1.29 is 9.90 Å². The molecular formula is C14H19N3O2. The summed E-state index contributed by atoms with van der Waals surface area (Å²) in [6, 6.07) is 3.56. The number of carboxylic acid groups (broad SMARTS) is 1. The standard InChI is InChI=1S/C14H19N3O2/c1-9-5-6-16-13(10(9)8-15)17-11(7-12(18)19)14(2,3)4/h5-6,11H,7H2,1-4H3,(H,16,17)(H,18,19). The van der Waals surface area contributed by atoms with Crippen molar-refractivity contribution in [2.75, 3.05) is 5.32 Å². The summed E-state index contributed by atoms with van der Waals surface area (Å²) in [7, 11) is 0. The monoisotopic (exact) mass is 261 g/mol. The second-order valence-electron chi connectivity index (χ2n) is 5.62. The maximum Gasteiger partial charge on any atom is 0.305 e. The number of pyridine rings is 1. The van der Waals surface area contributed by atoms with Crippen molar-refractivity contribution in [3.05, 3.63) is 23.4 Å². The Morgan fingerprint density at radius 3 is 2.68 bits per heavy atom. The summed E-state index contributed by atoms with van der Waals surface area (Å²) >= 11 is 0. The predicted molar refractivity (Wildman–Crippen MR) is 72.8 cm³/mol. The average molecular weight is 261 g/mol. The van der Waals surface area contributed by atoms with Gasteiger partial charge >= 0.3 is 5.97 Å². The quantitative estimate of drug-likeness (QED) is 0.869. The molecule has 1 rings (SSSR count). The second-order valence-corrected chi connectivity index (χ2v) is 5.62. The third-order valence-corrected chi connectivity index (χ3v) is 3.01. The van der Waals surface area contributed by atoms with E-state index in [1.54, 1.807) is 12.3 Å². The van der Waals surface area contributed by atoms with E-state index in [2.05, 4.69) is 16.4 Å². The van der Waals surface area contributed by atoms with Crippen LogP contribution in [0.3, 0.4) is 0 Å². The zero-order valence-electron chi connectivity index (χ0n) is 11.7. The summed E-state index contributed by atoms with van der Waals surface area (Å²) in [6.45, 7) is 7.69. The smallest absolute Gasteiger partial charge is 0.305 e. The van der Waals surface area contributed by atoms with Gasteiger partial charge in [0.15, 0.2) is 0 Å². The Balaban J connectivity index is 3.07. The number of aromatic nitrogens is 1. The highest BCUT2D eigenvalue weighted by Crippen LogP contribution is 2.26. The van der Waals surface area contributed by atoms with E-state index in [4.69, 9.17) is 10.4 Å². The number of nitrogens with zero attached hydrogens (tertiary/aromatic N) is 2. The maximum atomic E-state index is 10.9. The SMILES string of the molecule is Cc1ccnc(NC(CC(=O)O)C(C)(C)C)c1C#N. The molecule has 1 unspecified atom stereocenters. The van der Waals surface area contributed by atoms with Crippen molar-refractivity contribution >= 4 is 11.8 Å². The van der Waals surface area contributed by atoms with Crippen LogP contribution in [0, 0.1) is 23.7 Å². The zero-order valence-corrected chi connectivity index (χ0v) is 11.7. The fourth-order valence-corrected chi connectivity index (χ4v) is 1.72. The molecule has 102 valence electrons. The Labute approximate surface area is 113 Å². The van der Waals surface area contributed by atoms with Crippen molar-refractivity contribution in [2.45, 2.75) is 40.2 Å². The van der Waals surface area contributed by atoms with E-state index < -0.39 is 5.97 Å². The van der Waals surface area contributed by atoms with Crippen LogP contribution < -0.4 is 5.32 Å². The first-order chi connectivity index (χ1) is 8.75. The van der Waals surface area contributed by atoms with Crippen molar-refractivity contribution in [1.82, 2.24) is 4.98 Å². The third-order valence-electron chi connectivity index (χ3n) is 3.01. The number of anilines is 1. The van der Waals surface area contributed by atoms with Crippen LogP contribution in [0.1, 0.15) is 38.3 Å². The van der Waals surface area contributed by atoms with Crippen LogP contribution >= 0.6 is 0 Å². The molecule has 0 spiro atoms. The number of hydrogen-bond acceptors (Lipinski definition) is 4. The first kappa shape index (κ1) is 15.0. The van der Waals surface area contributed by atoms with Gasteiger partial charge < -0.3 is 10.4 Å². The summed E-state index contributed by atoms with van der Waals surface area (Å²) in [5.41, 5.74) is 1.03. The van der Waals surface area contributed by atoms with E-state index >= 15 is 0 Å². The number of nitrogens with one attached hydrogen (secondary N) is 1. The second kappa shape index (κ2) is 5.70. The van der Waals surface area contributed by atoms with Gasteiger partial charge in [0.2, 0.25) is 0 Å². The van der Waals surface area contributed by atoms with Gasteiger partial charge in [0.05, 0.1) is 12.0 Å². The summed E-state index contributed by atoms with van der Waals surface area (Å²) in [5, 5.41) is 21.2. The van der Waals surface area contributed by atoms with Crippen molar-refractivity contribution in [3.8, 4) is 6.07 Å². The van der Waals surface area contributed by atoms with Crippen LogP contribution in [-0.4, -0.2) is 22.1 Å². The molecule has 0 amide bonds. The highest BCUT2D eigenvalue weighted by molar-refractivity contribution is 5.69. The molecule has 1 aromatic heterocycles. The number of carboxylic acids is 1. The van der Waals surface area contributed by atoms with Crippen LogP contribution in [0.5, 0.6) is 0 Å². The van der Waals surface area contributed by atoms with E-state index in [1.807, 2.05) is 27.7 Å². The van der Waals surface area contributed by atoms with Gasteiger partial charge in [0, 0.05) is 12.2 Å². The Bertz CT molecular complexity index is 512. The lowest BCUT2D eigenvalue weighted by molar-refractivity contribution is -0.137. The van der Waals surface area contributed by atoms with Gasteiger partial charge in [0.1, 0.15) is 11.9 Å². The van der Waals surface area contributed by atoms with Crippen LogP contribution in [-0.2, 0) is 4.79 Å². The molecule has 0 aliphatic carbocycles. The lowest BCUT2D eigenvalue weighted by atomic mass is 9.84. The highest BCUT2D eigenvalue weighted by Gasteiger charge is 2.28. The number of aryl methyl sites for hydroxylation is 1. The van der Waals surface area contributed by atoms with Crippen LogP contribution in [0.4, 0.5) is 5.82 Å². The number of nitriles is 1. The van der Waals surface area contributed by atoms with E-state index in [0.29, 0.717) is 11.4 Å². The number of rotatable bonds is 4. The van der Waals surface area contributed by atoms with E-state index in [9.17, 15) is 4.79 Å². The molecular weight excluding hydrogens is 242 g/mol. The Kier molecular flexibility index (Phi) is 4.49. The van der Waals surface area contributed by atoms with E-state index in [1.165, 1.54) is 0 Å². The Morgan fingerprint density at radius 2 is 2.21 bits per heavy atom. The maximum absolute atomic E-state index is 10.9. The minimum atomic E-state index is -0.876.